The zero-order chi connectivity index (χ0) is 18.1. The van der Waals surface area contributed by atoms with Crippen LogP contribution in [-0.2, 0) is 16.3 Å². The van der Waals surface area contributed by atoms with Crippen LogP contribution in [0.4, 0.5) is 0 Å². The van der Waals surface area contributed by atoms with Gasteiger partial charge < -0.3 is 10.6 Å². The van der Waals surface area contributed by atoms with Crippen LogP contribution >= 0.6 is 15.9 Å². The first kappa shape index (κ1) is 19.5. The quantitative estimate of drug-likeness (QED) is 0.530. The highest BCUT2D eigenvalue weighted by molar-refractivity contribution is 9.10. The van der Waals surface area contributed by atoms with Crippen LogP contribution in [0, 0.1) is 0 Å². The lowest BCUT2D eigenvalue weighted by molar-refractivity contribution is 0.594. The van der Waals surface area contributed by atoms with E-state index in [2.05, 4.69) is 43.7 Å². The van der Waals surface area contributed by atoms with Gasteiger partial charge >= 0.3 is 0 Å². The summed E-state index contributed by atoms with van der Waals surface area (Å²) in [6.45, 7) is 1.02. The molecular formula is C18H22BrN3O2S. The number of nitrogens with one attached hydrogen (secondary N) is 2. The fourth-order valence-corrected chi connectivity index (χ4v) is 3.68. The number of rotatable bonds is 7. The lowest BCUT2D eigenvalue weighted by Gasteiger charge is -2.12. The second-order valence-electron chi connectivity index (χ2n) is 5.43. The van der Waals surface area contributed by atoms with Crippen molar-refractivity contribution in [2.75, 3.05) is 25.9 Å². The van der Waals surface area contributed by atoms with Crippen LogP contribution in [0.2, 0.25) is 0 Å². The van der Waals surface area contributed by atoms with Gasteiger partial charge in [0.25, 0.3) is 0 Å². The van der Waals surface area contributed by atoms with E-state index in [1.54, 1.807) is 31.3 Å². The Morgan fingerprint density at radius 1 is 1.00 bits per heavy atom. The molecule has 0 amide bonds. The SMILES string of the molecule is CN=C(NCCc1ccccc1)NCCS(=O)(=O)c1ccc(Br)cc1. The standard InChI is InChI=1S/C18H22BrN3O2S/c1-20-18(21-12-11-15-5-3-2-4-6-15)22-13-14-25(23,24)17-9-7-16(19)8-10-17/h2-10H,11-14H2,1H3,(H2,20,21,22). The number of sulfone groups is 1. The van der Waals surface area contributed by atoms with Gasteiger partial charge in [0.2, 0.25) is 0 Å². The summed E-state index contributed by atoms with van der Waals surface area (Å²) in [5, 5.41) is 6.23. The number of aliphatic imine (C=N–C) groups is 1. The third kappa shape index (κ3) is 6.51. The Bertz CT molecular complexity index is 791. The molecule has 0 heterocycles. The molecule has 0 aromatic heterocycles. The molecule has 2 aromatic carbocycles. The molecule has 0 saturated heterocycles. The van der Waals surface area contributed by atoms with Crippen LogP contribution in [0.5, 0.6) is 0 Å². The van der Waals surface area contributed by atoms with Gasteiger partial charge in [-0.2, -0.15) is 0 Å². The number of benzene rings is 2. The zero-order valence-electron chi connectivity index (χ0n) is 14.1. The summed E-state index contributed by atoms with van der Waals surface area (Å²) in [5.74, 6) is 0.607. The molecule has 0 atom stereocenters. The number of hydrogen-bond acceptors (Lipinski definition) is 3. The third-order valence-electron chi connectivity index (χ3n) is 3.61. The predicted octanol–water partition coefficient (Wildman–Crippen LogP) is 2.63. The van der Waals surface area contributed by atoms with Crippen molar-refractivity contribution in [1.82, 2.24) is 10.6 Å². The van der Waals surface area contributed by atoms with E-state index in [-0.39, 0.29) is 5.75 Å². The summed E-state index contributed by atoms with van der Waals surface area (Å²) in [5.41, 5.74) is 1.24. The Morgan fingerprint density at radius 3 is 2.28 bits per heavy atom. The Labute approximate surface area is 157 Å². The first-order valence-electron chi connectivity index (χ1n) is 7.98. The van der Waals surface area contributed by atoms with Crippen molar-refractivity contribution in [1.29, 1.82) is 0 Å². The molecule has 0 unspecified atom stereocenters. The van der Waals surface area contributed by atoms with Gasteiger partial charge in [0.1, 0.15) is 0 Å². The summed E-state index contributed by atoms with van der Waals surface area (Å²) in [6.07, 6.45) is 0.874. The highest BCUT2D eigenvalue weighted by Crippen LogP contribution is 2.15. The molecule has 0 fully saturated rings. The van der Waals surface area contributed by atoms with Gasteiger partial charge in [0, 0.05) is 24.6 Å². The molecule has 5 nitrogen and oxygen atoms in total. The fraction of sp³-hybridized carbons (Fsp3) is 0.278. The van der Waals surface area contributed by atoms with E-state index in [4.69, 9.17) is 0 Å². The van der Waals surface area contributed by atoms with E-state index in [9.17, 15) is 8.42 Å². The van der Waals surface area contributed by atoms with Gasteiger partial charge in [-0.15, -0.1) is 0 Å². The van der Waals surface area contributed by atoms with E-state index in [1.165, 1.54) is 5.56 Å². The second-order valence-corrected chi connectivity index (χ2v) is 8.46. The van der Waals surface area contributed by atoms with Crippen LogP contribution in [-0.4, -0.2) is 40.3 Å². The number of hydrogen-bond donors (Lipinski definition) is 2. The van der Waals surface area contributed by atoms with E-state index in [1.807, 2.05) is 18.2 Å². The normalized spacial score (nSPS) is 12.0. The van der Waals surface area contributed by atoms with Crippen LogP contribution in [0.1, 0.15) is 5.56 Å². The number of halogens is 1. The molecule has 0 spiro atoms. The number of guanidine groups is 1. The predicted molar refractivity (Wildman–Crippen MR) is 106 cm³/mol. The van der Waals surface area contributed by atoms with Crippen LogP contribution in [0.3, 0.4) is 0 Å². The maximum Gasteiger partial charge on any atom is 0.191 e. The minimum absolute atomic E-state index is 0.00795. The average molecular weight is 424 g/mol. The molecule has 134 valence electrons. The van der Waals surface area contributed by atoms with Gasteiger partial charge in [-0.25, -0.2) is 8.42 Å². The first-order valence-corrected chi connectivity index (χ1v) is 10.4. The summed E-state index contributed by atoms with van der Waals surface area (Å²) in [4.78, 5) is 4.44. The van der Waals surface area contributed by atoms with E-state index in [0.29, 0.717) is 17.4 Å². The molecule has 7 heteroatoms. The molecule has 2 aromatic rings. The lowest BCUT2D eigenvalue weighted by Crippen LogP contribution is -2.40. The Hall–Kier alpha value is -1.86. The summed E-state index contributed by atoms with van der Waals surface area (Å²) >= 11 is 3.30. The molecule has 0 aliphatic rings. The minimum Gasteiger partial charge on any atom is -0.356 e. The molecule has 2 N–H and O–H groups in total. The topological polar surface area (TPSA) is 70.6 Å². The highest BCUT2D eigenvalue weighted by Gasteiger charge is 2.14. The monoisotopic (exact) mass is 423 g/mol. The second kappa shape index (κ2) is 9.58. The molecule has 25 heavy (non-hydrogen) atoms. The lowest BCUT2D eigenvalue weighted by atomic mass is 10.1. The Balaban J connectivity index is 1.77. The van der Waals surface area contributed by atoms with Crippen molar-refractivity contribution >= 4 is 31.7 Å². The summed E-state index contributed by atoms with van der Waals surface area (Å²) in [6, 6.07) is 16.8. The largest absolute Gasteiger partial charge is 0.356 e. The molecule has 0 bridgehead atoms. The van der Waals surface area contributed by atoms with Gasteiger partial charge in [-0.1, -0.05) is 46.3 Å². The van der Waals surface area contributed by atoms with Gasteiger partial charge in [-0.05, 0) is 36.2 Å². The first-order chi connectivity index (χ1) is 12.0. The molecule has 0 aliphatic carbocycles. The van der Waals surface area contributed by atoms with Crippen molar-refractivity contribution in [2.24, 2.45) is 4.99 Å². The Kier molecular flexibility index (Phi) is 7.46. The van der Waals surface area contributed by atoms with Crippen molar-refractivity contribution in [3.8, 4) is 0 Å². The van der Waals surface area contributed by atoms with Crippen molar-refractivity contribution in [3.63, 3.8) is 0 Å². The summed E-state index contributed by atoms with van der Waals surface area (Å²) in [7, 11) is -1.64. The van der Waals surface area contributed by atoms with Crippen molar-refractivity contribution < 1.29 is 8.42 Å². The van der Waals surface area contributed by atoms with E-state index in [0.717, 1.165) is 17.4 Å². The molecular weight excluding hydrogens is 402 g/mol. The maximum absolute atomic E-state index is 12.3. The fourth-order valence-electron chi connectivity index (χ4n) is 2.25. The smallest absolute Gasteiger partial charge is 0.191 e. The number of nitrogens with zero attached hydrogens (tertiary/aromatic N) is 1. The van der Waals surface area contributed by atoms with Crippen LogP contribution < -0.4 is 10.6 Å². The van der Waals surface area contributed by atoms with E-state index >= 15 is 0 Å². The third-order valence-corrected chi connectivity index (χ3v) is 5.87. The highest BCUT2D eigenvalue weighted by atomic mass is 79.9. The summed E-state index contributed by atoms with van der Waals surface area (Å²) < 4.78 is 25.4. The minimum atomic E-state index is -3.31. The molecule has 0 aliphatic heterocycles. The van der Waals surface area contributed by atoms with E-state index < -0.39 is 9.84 Å². The van der Waals surface area contributed by atoms with Crippen LogP contribution in [0.15, 0.2) is 69.0 Å². The van der Waals surface area contributed by atoms with Crippen LogP contribution in [0.25, 0.3) is 0 Å². The Morgan fingerprint density at radius 2 is 1.64 bits per heavy atom. The maximum atomic E-state index is 12.3. The van der Waals surface area contributed by atoms with Crippen molar-refractivity contribution in [3.05, 3.63) is 64.6 Å². The van der Waals surface area contributed by atoms with Gasteiger partial charge in [-0.3, -0.25) is 4.99 Å². The molecule has 2 rings (SSSR count). The van der Waals surface area contributed by atoms with Crippen molar-refractivity contribution in [2.45, 2.75) is 11.3 Å². The van der Waals surface area contributed by atoms with Gasteiger partial charge in [0.05, 0.1) is 10.6 Å². The average Bonchev–Trinajstić information content (AvgIpc) is 2.61. The molecule has 0 radical (unpaired) electrons. The van der Waals surface area contributed by atoms with Gasteiger partial charge in [0.15, 0.2) is 15.8 Å². The molecule has 0 saturated carbocycles. The zero-order valence-corrected chi connectivity index (χ0v) is 16.5.